The number of aromatic nitrogens is 1. The zero-order valence-electron chi connectivity index (χ0n) is 13.3. The number of amides is 2. The molecule has 0 bridgehead atoms. The number of urea groups is 1. The van der Waals surface area contributed by atoms with Crippen molar-refractivity contribution >= 4 is 17.4 Å². The molecule has 2 amide bonds. The van der Waals surface area contributed by atoms with Crippen LogP contribution in [-0.2, 0) is 17.6 Å². The molecular formula is C16H25N3O2S. The van der Waals surface area contributed by atoms with Gasteiger partial charge < -0.3 is 15.0 Å². The monoisotopic (exact) mass is 323 g/mol. The van der Waals surface area contributed by atoms with Gasteiger partial charge in [-0.15, -0.1) is 11.3 Å². The first-order valence-electron chi connectivity index (χ1n) is 8.31. The van der Waals surface area contributed by atoms with E-state index < -0.39 is 0 Å². The van der Waals surface area contributed by atoms with Gasteiger partial charge in [0, 0.05) is 30.6 Å². The summed E-state index contributed by atoms with van der Waals surface area (Å²) in [5, 5.41) is 4.14. The molecule has 6 heteroatoms. The molecule has 122 valence electrons. The van der Waals surface area contributed by atoms with Crippen molar-refractivity contribution in [3.8, 4) is 0 Å². The summed E-state index contributed by atoms with van der Waals surface area (Å²) in [6.45, 7) is 4.90. The van der Waals surface area contributed by atoms with E-state index in [0.717, 1.165) is 37.2 Å². The minimum absolute atomic E-state index is 0.0434. The van der Waals surface area contributed by atoms with E-state index in [1.807, 2.05) is 11.1 Å². The summed E-state index contributed by atoms with van der Waals surface area (Å²) >= 11 is 1.74. The lowest BCUT2D eigenvalue weighted by molar-refractivity contribution is -0.0925. The Bertz CT molecular complexity index is 511. The zero-order chi connectivity index (χ0) is 15.4. The fraction of sp³-hybridized carbons (Fsp3) is 0.750. The Balaban J connectivity index is 1.45. The lowest BCUT2D eigenvalue weighted by Gasteiger charge is -2.40. The molecule has 0 unspecified atom stereocenters. The van der Waals surface area contributed by atoms with Gasteiger partial charge in [0.2, 0.25) is 0 Å². The van der Waals surface area contributed by atoms with Gasteiger partial charge in [-0.25, -0.2) is 9.78 Å². The number of carbonyl (C=O) groups excluding carboxylic acids is 1. The molecule has 0 aromatic carbocycles. The molecule has 1 aliphatic heterocycles. The van der Waals surface area contributed by atoms with Gasteiger partial charge >= 0.3 is 6.03 Å². The van der Waals surface area contributed by atoms with Crippen LogP contribution in [-0.4, -0.2) is 47.8 Å². The summed E-state index contributed by atoms with van der Waals surface area (Å²) in [5.41, 5.74) is -0.0546. The Morgan fingerprint density at radius 3 is 3.05 bits per heavy atom. The number of morpholine rings is 1. The van der Waals surface area contributed by atoms with Crippen LogP contribution in [0.2, 0.25) is 0 Å². The summed E-state index contributed by atoms with van der Waals surface area (Å²) < 4.78 is 5.97. The molecule has 1 aromatic rings. The summed E-state index contributed by atoms with van der Waals surface area (Å²) in [4.78, 5) is 19.9. The third-order valence-electron chi connectivity index (χ3n) is 4.62. The SMILES string of the molecule is CCc1cnc(CCNC(=O)N2CCOC3(CCCC3)C2)s1. The maximum Gasteiger partial charge on any atom is 0.317 e. The fourth-order valence-electron chi connectivity index (χ4n) is 3.36. The average molecular weight is 323 g/mol. The van der Waals surface area contributed by atoms with E-state index in [9.17, 15) is 4.79 Å². The molecule has 1 aliphatic carbocycles. The third kappa shape index (κ3) is 3.60. The number of hydrogen-bond donors (Lipinski definition) is 1. The largest absolute Gasteiger partial charge is 0.371 e. The number of ether oxygens (including phenoxy) is 1. The molecule has 22 heavy (non-hydrogen) atoms. The number of rotatable bonds is 4. The van der Waals surface area contributed by atoms with Crippen molar-refractivity contribution in [3.63, 3.8) is 0 Å². The number of carbonyl (C=O) groups is 1. The smallest absolute Gasteiger partial charge is 0.317 e. The molecule has 5 nitrogen and oxygen atoms in total. The molecule has 1 saturated heterocycles. The van der Waals surface area contributed by atoms with Crippen molar-refractivity contribution in [1.29, 1.82) is 0 Å². The number of aryl methyl sites for hydroxylation is 1. The second-order valence-electron chi connectivity index (χ2n) is 6.22. The summed E-state index contributed by atoms with van der Waals surface area (Å²) in [7, 11) is 0. The lowest BCUT2D eigenvalue weighted by Crippen LogP contribution is -2.55. The number of hydrogen-bond acceptors (Lipinski definition) is 4. The van der Waals surface area contributed by atoms with Gasteiger partial charge in [0.25, 0.3) is 0 Å². The second-order valence-corrected chi connectivity index (χ2v) is 7.42. The van der Waals surface area contributed by atoms with Crippen molar-refractivity contribution in [3.05, 3.63) is 16.1 Å². The molecular weight excluding hydrogens is 298 g/mol. The minimum Gasteiger partial charge on any atom is -0.371 e. The Labute approximate surface area is 136 Å². The Morgan fingerprint density at radius 2 is 2.32 bits per heavy atom. The van der Waals surface area contributed by atoms with Gasteiger partial charge in [0.15, 0.2) is 0 Å². The van der Waals surface area contributed by atoms with E-state index >= 15 is 0 Å². The van der Waals surface area contributed by atoms with Crippen LogP contribution in [0.3, 0.4) is 0 Å². The Hall–Kier alpha value is -1.14. The van der Waals surface area contributed by atoms with Gasteiger partial charge in [-0.2, -0.15) is 0 Å². The molecule has 2 fully saturated rings. The topological polar surface area (TPSA) is 54.5 Å². The first-order chi connectivity index (χ1) is 10.7. The molecule has 1 saturated carbocycles. The maximum absolute atomic E-state index is 12.3. The van der Waals surface area contributed by atoms with E-state index in [4.69, 9.17) is 4.74 Å². The molecule has 0 atom stereocenters. The van der Waals surface area contributed by atoms with Crippen molar-refractivity contribution in [2.45, 2.75) is 51.0 Å². The van der Waals surface area contributed by atoms with Crippen LogP contribution in [0, 0.1) is 0 Å². The highest BCUT2D eigenvalue weighted by Gasteiger charge is 2.40. The minimum atomic E-state index is -0.0546. The van der Waals surface area contributed by atoms with Crippen molar-refractivity contribution in [2.75, 3.05) is 26.2 Å². The molecule has 1 N–H and O–H groups in total. The van der Waals surface area contributed by atoms with Gasteiger partial charge in [-0.3, -0.25) is 0 Å². The lowest BCUT2D eigenvalue weighted by atomic mass is 10.00. The Kier molecular flexibility index (Phi) is 4.98. The van der Waals surface area contributed by atoms with E-state index in [0.29, 0.717) is 19.7 Å². The van der Waals surface area contributed by atoms with Crippen LogP contribution < -0.4 is 5.32 Å². The second kappa shape index (κ2) is 6.96. The van der Waals surface area contributed by atoms with Crippen LogP contribution in [0.25, 0.3) is 0 Å². The van der Waals surface area contributed by atoms with E-state index in [1.54, 1.807) is 11.3 Å². The van der Waals surface area contributed by atoms with Gasteiger partial charge in [0.1, 0.15) is 0 Å². The first kappa shape index (κ1) is 15.7. The van der Waals surface area contributed by atoms with Crippen molar-refractivity contribution < 1.29 is 9.53 Å². The average Bonchev–Trinajstić information content (AvgIpc) is 3.17. The van der Waals surface area contributed by atoms with E-state index in [2.05, 4.69) is 17.2 Å². The summed E-state index contributed by atoms with van der Waals surface area (Å²) in [6.07, 6.45) is 8.41. The summed E-state index contributed by atoms with van der Waals surface area (Å²) in [5.74, 6) is 0. The quantitative estimate of drug-likeness (QED) is 0.926. The van der Waals surface area contributed by atoms with E-state index in [1.165, 1.54) is 17.7 Å². The molecule has 1 aromatic heterocycles. The van der Waals surface area contributed by atoms with Crippen LogP contribution >= 0.6 is 11.3 Å². The molecule has 2 aliphatic rings. The highest BCUT2D eigenvalue weighted by molar-refractivity contribution is 7.11. The Morgan fingerprint density at radius 1 is 1.50 bits per heavy atom. The molecule has 0 radical (unpaired) electrons. The molecule has 1 spiro atoms. The number of nitrogens with one attached hydrogen (secondary N) is 1. The van der Waals surface area contributed by atoms with Gasteiger partial charge in [0.05, 0.1) is 23.8 Å². The molecule has 2 heterocycles. The van der Waals surface area contributed by atoms with Gasteiger partial charge in [-0.1, -0.05) is 19.8 Å². The number of nitrogens with zero attached hydrogens (tertiary/aromatic N) is 2. The van der Waals surface area contributed by atoms with Crippen LogP contribution in [0.1, 0.15) is 42.5 Å². The van der Waals surface area contributed by atoms with E-state index in [-0.39, 0.29) is 11.6 Å². The predicted molar refractivity (Wildman–Crippen MR) is 87.3 cm³/mol. The van der Waals surface area contributed by atoms with Gasteiger partial charge in [-0.05, 0) is 19.3 Å². The molecule has 3 rings (SSSR count). The van der Waals surface area contributed by atoms with Crippen LogP contribution in [0.5, 0.6) is 0 Å². The fourth-order valence-corrected chi connectivity index (χ4v) is 4.22. The predicted octanol–water partition coefficient (Wildman–Crippen LogP) is 2.60. The normalized spacial score (nSPS) is 20.5. The first-order valence-corrected chi connectivity index (χ1v) is 9.13. The maximum atomic E-state index is 12.3. The summed E-state index contributed by atoms with van der Waals surface area (Å²) in [6, 6.07) is 0.0434. The van der Waals surface area contributed by atoms with Crippen molar-refractivity contribution in [1.82, 2.24) is 15.2 Å². The van der Waals surface area contributed by atoms with Crippen molar-refractivity contribution in [2.24, 2.45) is 0 Å². The van der Waals surface area contributed by atoms with Crippen LogP contribution in [0.4, 0.5) is 4.79 Å². The number of thiazole rings is 1. The van der Waals surface area contributed by atoms with Crippen LogP contribution in [0.15, 0.2) is 6.20 Å². The highest BCUT2D eigenvalue weighted by atomic mass is 32.1. The third-order valence-corrected chi connectivity index (χ3v) is 5.82. The zero-order valence-corrected chi connectivity index (χ0v) is 14.1. The highest BCUT2D eigenvalue weighted by Crippen LogP contribution is 2.35. The standard InChI is InChI=1S/C16H25N3O2S/c1-2-13-11-18-14(22-13)5-8-17-15(20)19-9-10-21-16(12-19)6-3-4-7-16/h11H,2-10,12H2,1H3,(H,17,20).